The Morgan fingerprint density at radius 1 is 1.00 bits per heavy atom. The van der Waals surface area contributed by atoms with E-state index in [0.717, 1.165) is 61.6 Å². The molecular weight excluding hydrogens is 432 g/mol. The van der Waals surface area contributed by atoms with Crippen molar-refractivity contribution in [2.75, 3.05) is 14.1 Å². The second-order valence-electron chi connectivity index (χ2n) is 8.13. The Morgan fingerprint density at radius 2 is 1.94 bits per heavy atom. The fourth-order valence-corrected chi connectivity index (χ4v) is 4.70. The molecule has 0 unspecified atom stereocenters. The van der Waals surface area contributed by atoms with E-state index in [2.05, 4.69) is 47.2 Å². The van der Waals surface area contributed by atoms with Crippen LogP contribution in [0.1, 0.15) is 5.56 Å². The molecule has 0 aliphatic heterocycles. The number of aromatic amines is 2. The Morgan fingerprint density at radius 3 is 2.79 bits per heavy atom. The molecule has 6 aromatic rings. The van der Waals surface area contributed by atoms with Crippen molar-refractivity contribution in [2.24, 2.45) is 0 Å². The van der Waals surface area contributed by atoms with Gasteiger partial charge in [0.05, 0.1) is 27.8 Å². The van der Waals surface area contributed by atoms with Crippen LogP contribution < -0.4 is 0 Å². The number of hydrogen-bond acceptors (Lipinski definition) is 7. The minimum atomic E-state index is 0.693. The number of fused-ring (bicyclic) bond motifs is 2. The topological polar surface area (TPSA) is 99.3 Å². The van der Waals surface area contributed by atoms with E-state index >= 15 is 0 Å². The van der Waals surface area contributed by atoms with Crippen LogP contribution in [0.15, 0.2) is 60.5 Å². The summed E-state index contributed by atoms with van der Waals surface area (Å²) in [6, 6.07) is 10.2. The first-order valence-electron chi connectivity index (χ1n) is 10.5. The molecule has 0 aliphatic rings. The lowest BCUT2D eigenvalue weighted by Gasteiger charge is -2.10. The van der Waals surface area contributed by atoms with Gasteiger partial charge in [-0.3, -0.25) is 20.1 Å². The summed E-state index contributed by atoms with van der Waals surface area (Å²) in [5.41, 5.74) is 7.18. The van der Waals surface area contributed by atoms with Crippen molar-refractivity contribution < 1.29 is 0 Å². The van der Waals surface area contributed by atoms with Crippen LogP contribution in [0.25, 0.3) is 55.3 Å². The van der Waals surface area contributed by atoms with Gasteiger partial charge in [-0.1, -0.05) is 6.07 Å². The average molecular weight is 453 g/mol. The summed E-state index contributed by atoms with van der Waals surface area (Å²) in [5.74, 6) is 0.693. The number of imidazole rings is 1. The van der Waals surface area contributed by atoms with Gasteiger partial charge in [-0.05, 0) is 49.3 Å². The minimum Gasteiger partial charge on any atom is -0.336 e. The summed E-state index contributed by atoms with van der Waals surface area (Å²) < 4.78 is 0. The highest BCUT2D eigenvalue weighted by Gasteiger charge is 2.17. The van der Waals surface area contributed by atoms with Crippen molar-refractivity contribution in [1.82, 2.24) is 40.0 Å². The molecule has 6 rings (SSSR count). The van der Waals surface area contributed by atoms with E-state index in [1.807, 2.05) is 50.1 Å². The van der Waals surface area contributed by atoms with Gasteiger partial charge in [0.1, 0.15) is 16.9 Å². The van der Waals surface area contributed by atoms with Crippen LogP contribution in [0.5, 0.6) is 0 Å². The molecular formula is C24H20N8S. The summed E-state index contributed by atoms with van der Waals surface area (Å²) in [6.07, 6.45) is 7.34. The van der Waals surface area contributed by atoms with Crippen LogP contribution in [0.4, 0.5) is 0 Å². The number of nitrogens with zero attached hydrogens (tertiary/aromatic N) is 6. The highest BCUT2D eigenvalue weighted by Crippen LogP contribution is 2.32. The zero-order valence-corrected chi connectivity index (χ0v) is 18.9. The average Bonchev–Trinajstić information content (AvgIpc) is 3.57. The molecule has 0 saturated carbocycles. The smallest absolute Gasteiger partial charge is 0.159 e. The summed E-state index contributed by atoms with van der Waals surface area (Å²) in [6.45, 7) is 0.819. The molecule has 8 nitrogen and oxygen atoms in total. The number of rotatable bonds is 5. The number of aromatic nitrogens is 7. The quantitative estimate of drug-likeness (QED) is 0.392. The number of nitrogens with one attached hydrogen (secondary N) is 2. The van der Waals surface area contributed by atoms with Gasteiger partial charge in [0.2, 0.25) is 0 Å². The highest BCUT2D eigenvalue weighted by molar-refractivity contribution is 7.13. The van der Waals surface area contributed by atoms with Gasteiger partial charge in [-0.25, -0.2) is 4.98 Å². The van der Waals surface area contributed by atoms with Gasteiger partial charge < -0.3 is 9.88 Å². The molecule has 0 bridgehead atoms. The molecule has 0 amide bonds. The van der Waals surface area contributed by atoms with Crippen LogP contribution in [-0.4, -0.2) is 54.1 Å². The molecule has 0 fully saturated rings. The minimum absolute atomic E-state index is 0.693. The van der Waals surface area contributed by atoms with E-state index < -0.39 is 0 Å². The number of H-pyrrole nitrogens is 2. The summed E-state index contributed by atoms with van der Waals surface area (Å²) in [7, 11) is 4.09. The normalized spacial score (nSPS) is 11.7. The molecule has 0 spiro atoms. The van der Waals surface area contributed by atoms with Crippen LogP contribution in [0.3, 0.4) is 0 Å². The van der Waals surface area contributed by atoms with Gasteiger partial charge in [0.15, 0.2) is 5.82 Å². The lowest BCUT2D eigenvalue weighted by atomic mass is 10.1. The molecule has 2 N–H and O–H groups in total. The lowest BCUT2D eigenvalue weighted by Crippen LogP contribution is -2.10. The van der Waals surface area contributed by atoms with Crippen LogP contribution in [0.2, 0.25) is 0 Å². The molecule has 6 aromatic heterocycles. The molecule has 0 atom stereocenters. The third-order valence-corrected chi connectivity index (χ3v) is 6.29. The monoisotopic (exact) mass is 452 g/mol. The predicted molar refractivity (Wildman–Crippen MR) is 131 cm³/mol. The van der Waals surface area contributed by atoms with E-state index in [9.17, 15) is 0 Å². The molecule has 162 valence electrons. The fraction of sp³-hybridized carbons (Fsp3) is 0.125. The second kappa shape index (κ2) is 7.88. The molecule has 6 heterocycles. The first-order valence-corrected chi connectivity index (χ1v) is 11.4. The number of thiophene rings is 1. The maximum atomic E-state index is 4.88. The van der Waals surface area contributed by atoms with Gasteiger partial charge in [0.25, 0.3) is 0 Å². The van der Waals surface area contributed by atoms with Gasteiger partial charge in [0, 0.05) is 36.1 Å². The largest absolute Gasteiger partial charge is 0.336 e. The molecule has 0 radical (unpaired) electrons. The van der Waals surface area contributed by atoms with Crippen molar-refractivity contribution in [3.05, 3.63) is 66.1 Å². The van der Waals surface area contributed by atoms with Crippen molar-refractivity contribution in [2.45, 2.75) is 6.54 Å². The van der Waals surface area contributed by atoms with Crippen molar-refractivity contribution in [3.8, 4) is 33.3 Å². The van der Waals surface area contributed by atoms with Crippen molar-refractivity contribution in [1.29, 1.82) is 0 Å². The van der Waals surface area contributed by atoms with Gasteiger partial charge >= 0.3 is 0 Å². The van der Waals surface area contributed by atoms with E-state index in [4.69, 9.17) is 4.98 Å². The summed E-state index contributed by atoms with van der Waals surface area (Å²) >= 11 is 1.65. The molecule has 9 heteroatoms. The predicted octanol–water partition coefficient (Wildman–Crippen LogP) is 4.75. The highest BCUT2D eigenvalue weighted by atomic mass is 32.1. The molecule has 0 aliphatic carbocycles. The maximum Gasteiger partial charge on any atom is 0.159 e. The molecule has 0 saturated heterocycles. The van der Waals surface area contributed by atoms with Crippen LogP contribution in [0, 0.1) is 0 Å². The first-order chi connectivity index (χ1) is 16.2. The zero-order chi connectivity index (χ0) is 22.4. The lowest BCUT2D eigenvalue weighted by molar-refractivity contribution is 0.402. The Labute approximate surface area is 193 Å². The van der Waals surface area contributed by atoms with Gasteiger partial charge in [-0.15, -0.1) is 11.3 Å². The Kier molecular flexibility index (Phi) is 4.70. The van der Waals surface area contributed by atoms with E-state index in [1.165, 1.54) is 0 Å². The number of pyridine rings is 3. The SMILES string of the molecule is CN(C)Cc1cncc(-c2cc3c(-c4nc5c(-c6cccs6)nccc5[nH]4)n[nH]c3cn2)c1. The Hall–Kier alpha value is -3.95. The maximum absolute atomic E-state index is 4.88. The van der Waals surface area contributed by atoms with Gasteiger partial charge in [-0.2, -0.15) is 5.10 Å². The van der Waals surface area contributed by atoms with Crippen molar-refractivity contribution >= 4 is 33.3 Å². The molecule has 0 aromatic carbocycles. The summed E-state index contributed by atoms with van der Waals surface area (Å²) in [5, 5.41) is 10.6. The van der Waals surface area contributed by atoms with Crippen LogP contribution in [-0.2, 0) is 6.54 Å². The fourth-order valence-electron chi connectivity index (χ4n) is 3.98. The first kappa shape index (κ1) is 19.7. The zero-order valence-electron chi connectivity index (χ0n) is 18.1. The van der Waals surface area contributed by atoms with Crippen molar-refractivity contribution in [3.63, 3.8) is 0 Å². The van der Waals surface area contributed by atoms with E-state index in [-0.39, 0.29) is 0 Å². The standard InChI is InChI=1S/C24H20N8S/c1-32(2)13-14-8-15(11-25-10-14)18-9-16-19(12-27-18)30-31-21(16)24-28-17-5-6-26-23(22(17)29-24)20-4-3-7-33-20/h3-12H,13H2,1-2H3,(H,28,29)(H,30,31). The van der Waals surface area contributed by atoms with E-state index in [1.54, 1.807) is 23.7 Å². The number of hydrogen-bond donors (Lipinski definition) is 2. The van der Waals surface area contributed by atoms with E-state index in [0.29, 0.717) is 5.82 Å². The summed E-state index contributed by atoms with van der Waals surface area (Å²) in [4.78, 5) is 25.1. The third kappa shape index (κ3) is 3.57. The second-order valence-corrected chi connectivity index (χ2v) is 9.07. The van der Waals surface area contributed by atoms with Crippen LogP contribution >= 0.6 is 11.3 Å². The Bertz CT molecular complexity index is 1580. The molecule has 33 heavy (non-hydrogen) atoms. The third-order valence-electron chi connectivity index (χ3n) is 5.42. The Balaban J connectivity index is 1.45.